The Morgan fingerprint density at radius 3 is 2.64 bits per heavy atom. The van der Waals surface area contributed by atoms with Crippen LogP contribution in [0, 0.1) is 5.92 Å². The van der Waals surface area contributed by atoms with E-state index < -0.39 is 12.5 Å². The second-order valence-electron chi connectivity index (χ2n) is 2.89. The maximum Gasteiger partial charge on any atom is 0.253 e. The van der Waals surface area contributed by atoms with Crippen LogP contribution in [0.3, 0.4) is 0 Å². The highest BCUT2D eigenvalue weighted by Gasteiger charge is 2.27. The van der Waals surface area contributed by atoms with E-state index in [9.17, 15) is 8.78 Å². The van der Waals surface area contributed by atoms with E-state index in [1.807, 2.05) is 0 Å². The maximum absolute atomic E-state index is 12.0. The van der Waals surface area contributed by atoms with Crippen molar-refractivity contribution in [1.82, 2.24) is 0 Å². The second kappa shape index (κ2) is 3.97. The van der Waals surface area contributed by atoms with Crippen LogP contribution in [-0.4, -0.2) is 25.7 Å². The zero-order chi connectivity index (χ0) is 8.27. The summed E-state index contributed by atoms with van der Waals surface area (Å²) in [4.78, 5) is 0. The van der Waals surface area contributed by atoms with Gasteiger partial charge in [-0.3, -0.25) is 0 Å². The minimum absolute atomic E-state index is 0.149. The van der Waals surface area contributed by atoms with Gasteiger partial charge in [0.05, 0.1) is 12.6 Å². The number of halogens is 2. The van der Waals surface area contributed by atoms with Crippen molar-refractivity contribution in [2.75, 3.05) is 13.2 Å². The first-order valence-electron chi connectivity index (χ1n) is 3.83. The van der Waals surface area contributed by atoms with Crippen molar-refractivity contribution in [1.29, 1.82) is 0 Å². The van der Waals surface area contributed by atoms with Crippen LogP contribution >= 0.6 is 0 Å². The van der Waals surface area contributed by atoms with Crippen molar-refractivity contribution in [2.24, 2.45) is 11.7 Å². The molecule has 0 radical (unpaired) electrons. The number of ether oxygens (including phenoxy) is 1. The van der Waals surface area contributed by atoms with Gasteiger partial charge in [-0.2, -0.15) is 0 Å². The standard InChI is InChI=1S/C7H13F2NO/c8-7(9)6(10)5-2-1-3-11-4-5/h5-7H,1-4,10H2. The third-order valence-corrected chi connectivity index (χ3v) is 2.03. The third kappa shape index (κ3) is 2.38. The Labute approximate surface area is 64.7 Å². The fourth-order valence-corrected chi connectivity index (χ4v) is 1.27. The van der Waals surface area contributed by atoms with E-state index in [0.717, 1.165) is 12.8 Å². The molecule has 11 heavy (non-hydrogen) atoms. The first-order valence-corrected chi connectivity index (χ1v) is 3.83. The molecule has 2 atom stereocenters. The van der Waals surface area contributed by atoms with E-state index in [4.69, 9.17) is 10.5 Å². The van der Waals surface area contributed by atoms with E-state index in [1.165, 1.54) is 0 Å². The van der Waals surface area contributed by atoms with Crippen molar-refractivity contribution < 1.29 is 13.5 Å². The molecule has 0 saturated carbocycles. The molecule has 1 fully saturated rings. The Kier molecular flexibility index (Phi) is 3.20. The van der Waals surface area contributed by atoms with Gasteiger partial charge in [-0.05, 0) is 12.8 Å². The summed E-state index contributed by atoms with van der Waals surface area (Å²) in [6.07, 6.45) is -0.793. The summed E-state index contributed by atoms with van der Waals surface area (Å²) in [5.41, 5.74) is 5.26. The predicted molar refractivity (Wildman–Crippen MR) is 37.5 cm³/mol. The highest BCUT2D eigenvalue weighted by molar-refractivity contribution is 4.76. The SMILES string of the molecule is NC(C(F)F)C1CCCOC1. The quantitative estimate of drug-likeness (QED) is 0.662. The summed E-state index contributed by atoms with van der Waals surface area (Å²) in [7, 11) is 0. The predicted octanol–water partition coefficient (Wildman–Crippen LogP) is 1.01. The molecule has 0 aromatic carbocycles. The van der Waals surface area contributed by atoms with Crippen LogP contribution in [0.15, 0.2) is 0 Å². The van der Waals surface area contributed by atoms with Crippen LogP contribution in [0.2, 0.25) is 0 Å². The molecular weight excluding hydrogens is 152 g/mol. The average molecular weight is 165 g/mol. The van der Waals surface area contributed by atoms with Gasteiger partial charge in [0.15, 0.2) is 0 Å². The largest absolute Gasteiger partial charge is 0.381 e. The summed E-state index contributed by atoms with van der Waals surface area (Å²) in [5, 5.41) is 0. The van der Waals surface area contributed by atoms with Gasteiger partial charge in [-0.15, -0.1) is 0 Å². The molecule has 1 rings (SSSR count). The van der Waals surface area contributed by atoms with Crippen LogP contribution in [-0.2, 0) is 4.74 Å². The van der Waals surface area contributed by atoms with Crippen molar-refractivity contribution in [3.8, 4) is 0 Å². The molecule has 1 aliphatic rings. The summed E-state index contributed by atoms with van der Waals surface area (Å²) < 4.78 is 29.1. The summed E-state index contributed by atoms with van der Waals surface area (Å²) in [6.45, 7) is 1.08. The van der Waals surface area contributed by atoms with Crippen molar-refractivity contribution >= 4 is 0 Å². The summed E-state index contributed by atoms with van der Waals surface area (Å²) >= 11 is 0. The molecule has 2 nitrogen and oxygen atoms in total. The average Bonchev–Trinajstić information content (AvgIpc) is 2.05. The number of rotatable bonds is 2. The highest BCUT2D eigenvalue weighted by atomic mass is 19.3. The molecule has 2 unspecified atom stereocenters. The monoisotopic (exact) mass is 165 g/mol. The van der Waals surface area contributed by atoms with Crippen LogP contribution in [0.4, 0.5) is 8.78 Å². The number of hydrogen-bond acceptors (Lipinski definition) is 2. The van der Waals surface area contributed by atoms with Crippen LogP contribution in [0.5, 0.6) is 0 Å². The zero-order valence-electron chi connectivity index (χ0n) is 6.30. The fourth-order valence-electron chi connectivity index (χ4n) is 1.27. The molecule has 66 valence electrons. The first-order chi connectivity index (χ1) is 5.22. The lowest BCUT2D eigenvalue weighted by atomic mass is 9.95. The molecule has 0 bridgehead atoms. The minimum atomic E-state index is -2.42. The normalized spacial score (nSPS) is 28.9. The van der Waals surface area contributed by atoms with E-state index in [-0.39, 0.29) is 5.92 Å². The van der Waals surface area contributed by atoms with E-state index in [0.29, 0.717) is 13.2 Å². The maximum atomic E-state index is 12.0. The van der Waals surface area contributed by atoms with Crippen molar-refractivity contribution in [3.05, 3.63) is 0 Å². The van der Waals surface area contributed by atoms with Gasteiger partial charge in [-0.25, -0.2) is 8.78 Å². The zero-order valence-corrected chi connectivity index (χ0v) is 6.30. The molecular formula is C7H13F2NO. The molecule has 2 N–H and O–H groups in total. The molecule has 0 aromatic heterocycles. The number of hydrogen-bond donors (Lipinski definition) is 1. The Balaban J connectivity index is 2.32. The summed E-state index contributed by atoms with van der Waals surface area (Å²) in [5.74, 6) is -0.149. The van der Waals surface area contributed by atoms with Crippen LogP contribution in [0.25, 0.3) is 0 Å². The number of alkyl halides is 2. The minimum Gasteiger partial charge on any atom is -0.381 e. The van der Waals surface area contributed by atoms with Gasteiger partial charge in [0.25, 0.3) is 6.43 Å². The Hall–Kier alpha value is -0.220. The van der Waals surface area contributed by atoms with Gasteiger partial charge in [0.1, 0.15) is 0 Å². The molecule has 0 spiro atoms. The van der Waals surface area contributed by atoms with Gasteiger partial charge in [0, 0.05) is 12.5 Å². The van der Waals surface area contributed by atoms with Crippen molar-refractivity contribution in [2.45, 2.75) is 25.3 Å². The van der Waals surface area contributed by atoms with Gasteiger partial charge >= 0.3 is 0 Å². The molecule has 0 aliphatic carbocycles. The van der Waals surface area contributed by atoms with E-state index in [2.05, 4.69) is 0 Å². The Morgan fingerprint density at radius 1 is 1.45 bits per heavy atom. The van der Waals surface area contributed by atoms with E-state index >= 15 is 0 Å². The fraction of sp³-hybridized carbons (Fsp3) is 1.00. The van der Waals surface area contributed by atoms with E-state index in [1.54, 1.807) is 0 Å². The molecule has 0 aromatic rings. The van der Waals surface area contributed by atoms with Gasteiger partial charge < -0.3 is 10.5 Å². The lowest BCUT2D eigenvalue weighted by Gasteiger charge is -2.26. The lowest BCUT2D eigenvalue weighted by Crippen LogP contribution is -2.41. The van der Waals surface area contributed by atoms with Crippen molar-refractivity contribution in [3.63, 3.8) is 0 Å². The van der Waals surface area contributed by atoms with Gasteiger partial charge in [-0.1, -0.05) is 0 Å². The smallest absolute Gasteiger partial charge is 0.253 e. The molecule has 4 heteroatoms. The van der Waals surface area contributed by atoms with Crippen LogP contribution < -0.4 is 5.73 Å². The van der Waals surface area contributed by atoms with Crippen LogP contribution in [0.1, 0.15) is 12.8 Å². The highest BCUT2D eigenvalue weighted by Crippen LogP contribution is 2.19. The molecule has 0 amide bonds. The topological polar surface area (TPSA) is 35.2 Å². The molecule has 1 saturated heterocycles. The second-order valence-corrected chi connectivity index (χ2v) is 2.89. The Morgan fingerprint density at radius 2 is 2.18 bits per heavy atom. The number of nitrogens with two attached hydrogens (primary N) is 1. The molecule has 1 heterocycles. The van der Waals surface area contributed by atoms with Gasteiger partial charge in [0.2, 0.25) is 0 Å². The first kappa shape index (κ1) is 8.87. The third-order valence-electron chi connectivity index (χ3n) is 2.03. The lowest BCUT2D eigenvalue weighted by molar-refractivity contribution is 0.00615. The Bertz CT molecular complexity index is 115. The molecule has 1 aliphatic heterocycles. The summed E-state index contributed by atoms with van der Waals surface area (Å²) in [6, 6.07) is -1.00.